The highest BCUT2D eigenvalue weighted by molar-refractivity contribution is 5.81. The van der Waals surface area contributed by atoms with Crippen LogP contribution in [0.15, 0.2) is 78.9 Å². The zero-order valence-corrected chi connectivity index (χ0v) is 19.9. The largest absolute Gasteiger partial charge is 0.493 e. The average Bonchev–Trinajstić information content (AvgIpc) is 3.43. The normalized spacial score (nSPS) is 16.8. The van der Waals surface area contributed by atoms with Gasteiger partial charge in [-0.1, -0.05) is 60.7 Å². The van der Waals surface area contributed by atoms with Crippen LogP contribution in [0.2, 0.25) is 0 Å². The van der Waals surface area contributed by atoms with E-state index in [1.54, 1.807) is 0 Å². The Bertz CT molecular complexity index is 1280. The first-order valence-corrected chi connectivity index (χ1v) is 12.1. The van der Waals surface area contributed by atoms with E-state index in [4.69, 9.17) is 9.72 Å². The zero-order valence-electron chi connectivity index (χ0n) is 19.9. The van der Waals surface area contributed by atoms with E-state index in [0.29, 0.717) is 19.6 Å². The number of imidazole rings is 1. The number of carbonyl (C=O) groups excluding carboxylic acids is 1. The number of likely N-dealkylation sites (tertiary alicyclic amines) is 1. The minimum atomic E-state index is 0.0547. The topological polar surface area (TPSA) is 47.4 Å². The van der Waals surface area contributed by atoms with Crippen molar-refractivity contribution < 1.29 is 9.53 Å². The van der Waals surface area contributed by atoms with E-state index in [-0.39, 0.29) is 17.9 Å². The van der Waals surface area contributed by atoms with E-state index in [1.807, 2.05) is 47.4 Å². The smallest absolute Gasteiger partial charge is 0.223 e. The molecule has 1 fully saturated rings. The van der Waals surface area contributed by atoms with Crippen molar-refractivity contribution >= 4 is 16.9 Å². The summed E-state index contributed by atoms with van der Waals surface area (Å²) in [6, 6.07) is 26.7. The van der Waals surface area contributed by atoms with Gasteiger partial charge in [-0.05, 0) is 49.6 Å². The van der Waals surface area contributed by atoms with E-state index < -0.39 is 0 Å². The van der Waals surface area contributed by atoms with Gasteiger partial charge in [0.1, 0.15) is 11.6 Å². The van der Waals surface area contributed by atoms with Crippen molar-refractivity contribution in [2.75, 3.05) is 13.2 Å². The molecule has 1 aliphatic heterocycles. The van der Waals surface area contributed by atoms with Gasteiger partial charge in [0.25, 0.3) is 0 Å². The van der Waals surface area contributed by atoms with Gasteiger partial charge in [0.05, 0.1) is 23.7 Å². The van der Waals surface area contributed by atoms with E-state index in [9.17, 15) is 4.79 Å². The van der Waals surface area contributed by atoms with Gasteiger partial charge >= 0.3 is 0 Å². The van der Waals surface area contributed by atoms with E-state index >= 15 is 0 Å². The van der Waals surface area contributed by atoms with Crippen LogP contribution >= 0.6 is 0 Å². The van der Waals surface area contributed by atoms with Crippen molar-refractivity contribution in [2.24, 2.45) is 0 Å². The molecule has 1 aromatic heterocycles. The predicted molar refractivity (Wildman–Crippen MR) is 135 cm³/mol. The molecule has 5 heteroatoms. The van der Waals surface area contributed by atoms with Gasteiger partial charge in [0.2, 0.25) is 5.91 Å². The standard InChI is InChI=1S/C29H31N3O2/c1-21-11-6-9-16-27(21)34-18-10-17-31-26-15-8-7-14-25(26)30-29(31)24-19-28(33)32(20-24)22(2)23-12-4-3-5-13-23/h3-9,11-16,22,24H,10,17-20H2,1-2H3. The third kappa shape index (κ3) is 4.43. The number of nitrogens with zero attached hydrogens (tertiary/aromatic N) is 3. The molecule has 0 N–H and O–H groups in total. The van der Waals surface area contributed by atoms with Gasteiger partial charge < -0.3 is 14.2 Å². The first-order chi connectivity index (χ1) is 16.6. The molecule has 3 aromatic carbocycles. The van der Waals surface area contributed by atoms with Gasteiger partial charge in [-0.2, -0.15) is 0 Å². The summed E-state index contributed by atoms with van der Waals surface area (Å²) in [6.07, 6.45) is 1.37. The number of ether oxygens (including phenoxy) is 1. The van der Waals surface area contributed by atoms with E-state index in [1.165, 1.54) is 5.56 Å². The number of amides is 1. The molecular formula is C29H31N3O2. The van der Waals surface area contributed by atoms with Gasteiger partial charge in [-0.25, -0.2) is 4.98 Å². The van der Waals surface area contributed by atoms with Crippen molar-refractivity contribution in [3.05, 3.63) is 95.8 Å². The second-order valence-corrected chi connectivity index (χ2v) is 9.11. The fourth-order valence-electron chi connectivity index (χ4n) is 4.95. The second kappa shape index (κ2) is 9.72. The first kappa shape index (κ1) is 22.2. The number of hydrogen-bond acceptors (Lipinski definition) is 3. The molecule has 0 aliphatic carbocycles. The monoisotopic (exact) mass is 453 g/mol. The zero-order chi connectivity index (χ0) is 23.5. The average molecular weight is 454 g/mol. The number of carbonyl (C=O) groups is 1. The summed E-state index contributed by atoms with van der Waals surface area (Å²) in [4.78, 5) is 20.0. The summed E-state index contributed by atoms with van der Waals surface area (Å²) in [6.45, 7) is 6.31. The number of aryl methyl sites for hydroxylation is 2. The molecule has 0 radical (unpaired) electrons. The lowest BCUT2D eigenvalue weighted by Crippen LogP contribution is -2.28. The molecule has 0 saturated carbocycles. The van der Waals surface area contributed by atoms with Crippen molar-refractivity contribution in [3.63, 3.8) is 0 Å². The fourth-order valence-corrected chi connectivity index (χ4v) is 4.95. The van der Waals surface area contributed by atoms with Gasteiger partial charge in [-0.15, -0.1) is 0 Å². The van der Waals surface area contributed by atoms with Crippen molar-refractivity contribution in [1.29, 1.82) is 0 Å². The minimum absolute atomic E-state index is 0.0547. The molecule has 0 spiro atoms. The molecule has 5 nitrogen and oxygen atoms in total. The Kier molecular flexibility index (Phi) is 6.35. The maximum Gasteiger partial charge on any atom is 0.223 e. The summed E-state index contributed by atoms with van der Waals surface area (Å²) >= 11 is 0. The molecule has 0 bridgehead atoms. The number of aromatic nitrogens is 2. The van der Waals surface area contributed by atoms with E-state index in [2.05, 4.69) is 54.8 Å². The molecule has 174 valence electrons. The highest BCUT2D eigenvalue weighted by Crippen LogP contribution is 2.35. The second-order valence-electron chi connectivity index (χ2n) is 9.11. The fraction of sp³-hybridized carbons (Fsp3) is 0.310. The van der Waals surface area contributed by atoms with Crippen LogP contribution in [0, 0.1) is 6.92 Å². The maximum atomic E-state index is 13.0. The van der Waals surface area contributed by atoms with Crippen LogP contribution < -0.4 is 4.74 Å². The minimum Gasteiger partial charge on any atom is -0.493 e. The predicted octanol–water partition coefficient (Wildman–Crippen LogP) is 5.89. The Hall–Kier alpha value is -3.60. The molecule has 1 amide bonds. The van der Waals surface area contributed by atoms with Crippen molar-refractivity contribution in [3.8, 4) is 5.75 Å². The summed E-state index contributed by atoms with van der Waals surface area (Å²) in [7, 11) is 0. The molecular weight excluding hydrogens is 422 g/mol. The molecule has 2 unspecified atom stereocenters. The van der Waals surface area contributed by atoms with Crippen molar-refractivity contribution in [1.82, 2.24) is 14.5 Å². The highest BCUT2D eigenvalue weighted by Gasteiger charge is 2.36. The maximum absolute atomic E-state index is 13.0. The lowest BCUT2D eigenvalue weighted by Gasteiger charge is -2.25. The number of hydrogen-bond donors (Lipinski definition) is 0. The highest BCUT2D eigenvalue weighted by atomic mass is 16.5. The van der Waals surface area contributed by atoms with Gasteiger partial charge in [-0.3, -0.25) is 4.79 Å². The van der Waals surface area contributed by atoms with Crippen LogP contribution in [0.4, 0.5) is 0 Å². The van der Waals surface area contributed by atoms with Gasteiger partial charge in [0.15, 0.2) is 0 Å². The molecule has 1 saturated heterocycles. The van der Waals surface area contributed by atoms with Crippen LogP contribution in [0.3, 0.4) is 0 Å². The Morgan fingerprint density at radius 3 is 2.56 bits per heavy atom. The van der Waals surface area contributed by atoms with Crippen LogP contribution in [-0.2, 0) is 11.3 Å². The first-order valence-electron chi connectivity index (χ1n) is 12.1. The lowest BCUT2D eigenvalue weighted by atomic mass is 10.1. The quantitative estimate of drug-likeness (QED) is 0.313. The molecule has 1 aliphatic rings. The molecule has 5 rings (SSSR count). The van der Waals surface area contributed by atoms with Crippen LogP contribution in [-0.4, -0.2) is 33.5 Å². The molecule has 2 atom stereocenters. The molecule has 34 heavy (non-hydrogen) atoms. The Morgan fingerprint density at radius 2 is 1.74 bits per heavy atom. The summed E-state index contributed by atoms with van der Waals surface area (Å²) in [5, 5.41) is 0. The summed E-state index contributed by atoms with van der Waals surface area (Å²) in [5.74, 6) is 2.23. The number of benzene rings is 3. The number of para-hydroxylation sites is 3. The molecule has 4 aromatic rings. The summed E-state index contributed by atoms with van der Waals surface area (Å²) in [5.41, 5.74) is 4.42. The van der Waals surface area contributed by atoms with Crippen LogP contribution in [0.25, 0.3) is 11.0 Å². The Labute approximate surface area is 201 Å². The molecule has 2 heterocycles. The lowest BCUT2D eigenvalue weighted by molar-refractivity contribution is -0.129. The Balaban J connectivity index is 1.34. The van der Waals surface area contributed by atoms with Crippen LogP contribution in [0.5, 0.6) is 5.75 Å². The number of rotatable bonds is 8. The third-order valence-corrected chi connectivity index (χ3v) is 6.83. The van der Waals surface area contributed by atoms with Crippen molar-refractivity contribution in [2.45, 2.75) is 45.2 Å². The SMILES string of the molecule is Cc1ccccc1OCCCn1c(C2CC(=O)N(C(C)c3ccccc3)C2)nc2ccccc21. The summed E-state index contributed by atoms with van der Waals surface area (Å²) < 4.78 is 8.33. The van der Waals surface area contributed by atoms with E-state index in [0.717, 1.165) is 41.1 Å². The Morgan fingerprint density at radius 1 is 1.00 bits per heavy atom. The van der Waals surface area contributed by atoms with Gasteiger partial charge in [0, 0.05) is 25.4 Å². The third-order valence-electron chi connectivity index (χ3n) is 6.83. The van der Waals surface area contributed by atoms with Crippen LogP contribution in [0.1, 0.15) is 48.7 Å². The number of fused-ring (bicyclic) bond motifs is 1.